The molecule has 0 amide bonds. The Morgan fingerprint density at radius 3 is 1.35 bits per heavy atom. The summed E-state index contributed by atoms with van der Waals surface area (Å²) in [6, 6.07) is 0. The van der Waals surface area contributed by atoms with Crippen LogP contribution in [0.4, 0.5) is 0 Å². The van der Waals surface area contributed by atoms with E-state index < -0.39 is 70.8 Å². The van der Waals surface area contributed by atoms with Crippen LogP contribution in [0.1, 0.15) is 11.1 Å². The third-order valence-corrected chi connectivity index (χ3v) is 8.36. The van der Waals surface area contributed by atoms with Gasteiger partial charge in [0.1, 0.15) is 7.85 Å². The van der Waals surface area contributed by atoms with Crippen molar-refractivity contribution in [3.8, 4) is 0 Å². The minimum atomic E-state index is -1.16. The fourth-order valence-corrected chi connectivity index (χ4v) is 6.10. The fourth-order valence-electron chi connectivity index (χ4n) is 6.10. The van der Waals surface area contributed by atoms with Gasteiger partial charge in [-0.3, -0.25) is 0 Å². The van der Waals surface area contributed by atoms with E-state index in [4.69, 9.17) is 132 Å². The van der Waals surface area contributed by atoms with E-state index in [1.807, 2.05) is 13.8 Å². The summed E-state index contributed by atoms with van der Waals surface area (Å²) < 4.78 is 0. The van der Waals surface area contributed by atoms with Crippen LogP contribution < -0.4 is 32.8 Å². The van der Waals surface area contributed by atoms with Crippen molar-refractivity contribution in [1.82, 2.24) is 0 Å². The lowest BCUT2D eigenvalue weighted by atomic mass is 8.66. The predicted octanol–water partition coefficient (Wildman–Crippen LogP) is -13.3. The Hall–Kier alpha value is 0.713. The molecule has 2 rings (SSSR count). The summed E-state index contributed by atoms with van der Waals surface area (Å²) in [6.07, 6.45) is -6.57. The monoisotopic (exact) mass is 491 g/mol. The molecule has 0 spiro atoms. The minimum absolute atomic E-state index is 0.317. The van der Waals surface area contributed by atoms with Crippen molar-refractivity contribution < 1.29 is 0 Å². The molecule has 0 unspecified atom stereocenters. The van der Waals surface area contributed by atoms with Crippen LogP contribution in [0.25, 0.3) is 10.8 Å². The second-order valence-corrected chi connectivity index (χ2v) is 11.2. The highest BCUT2D eigenvalue weighted by Crippen LogP contribution is 2.16. The fraction of sp³-hybridized carbons (Fsp3) is 0.167. The van der Waals surface area contributed by atoms with Gasteiger partial charge in [-0.2, -0.15) is 0 Å². The van der Waals surface area contributed by atoms with E-state index >= 15 is 0 Å². The van der Waals surface area contributed by atoms with Gasteiger partial charge in [0, 0.05) is 183 Å². The zero-order chi connectivity index (χ0) is 33.2. The summed E-state index contributed by atoms with van der Waals surface area (Å²) in [7, 11) is 112. The van der Waals surface area contributed by atoms with Gasteiger partial charge in [0.15, 0.2) is 0 Å². The molecule has 0 atom stereocenters. The lowest BCUT2D eigenvalue weighted by Gasteiger charge is -2.42. The number of benzene rings is 2. The van der Waals surface area contributed by atoms with Gasteiger partial charge in [-0.1, -0.05) is 33.0 Å². The second-order valence-electron chi connectivity index (χ2n) is 11.2. The van der Waals surface area contributed by atoms with Gasteiger partial charge in [0.2, 0.25) is 0 Å². The van der Waals surface area contributed by atoms with Crippen molar-refractivity contribution in [3.05, 3.63) is 11.1 Å². The van der Waals surface area contributed by atoms with Gasteiger partial charge in [-0.15, -0.1) is 10.9 Å². The summed E-state index contributed by atoms with van der Waals surface area (Å²) in [5, 5.41) is 0.866. The first-order chi connectivity index (χ1) is 19.9. The smallest absolute Gasteiger partial charge is 0.113 e. The zero-order valence-electron chi connectivity index (χ0n) is 24.9. The summed E-state index contributed by atoms with van der Waals surface area (Å²) in [6.45, 7) is -1.12. The number of fused-ring (bicyclic) bond motifs is 1. The van der Waals surface area contributed by atoms with E-state index in [1.54, 1.807) is 0 Å². The van der Waals surface area contributed by atoms with Crippen molar-refractivity contribution in [2.45, 2.75) is 13.8 Å². The van der Waals surface area contributed by atoms with E-state index in [0.29, 0.717) is 49.1 Å². The molecule has 0 fully saturated rings. The van der Waals surface area contributed by atoms with Crippen LogP contribution in [0.15, 0.2) is 0 Å². The van der Waals surface area contributed by atoms with Gasteiger partial charge < -0.3 is 0 Å². The average Bonchev–Trinajstić information content (AvgIpc) is 2.91. The molecule has 0 aromatic heterocycles. The Bertz CT molecular complexity index is 1230. The average molecular weight is 485 g/mol. The summed E-state index contributed by atoms with van der Waals surface area (Å²) >= 11 is 0. The highest BCUT2D eigenvalue weighted by molar-refractivity contribution is 7.89. The maximum Gasteiger partial charge on any atom is 0.115 e. The highest BCUT2D eigenvalue weighted by atomic mass is 14.2. The maximum atomic E-state index is 6.94. The molecule has 0 N–H and O–H groups in total. The SMILES string of the molecule is [B][B]B([B])B(B([B])[B])c1c(B(B([B])[B])B([B])[B])c(B([B][B])B([B])[B])c(B([B])B([B])[B])c2c(B([B])[B][B])c(C)c(C)c([B])c12. The standard InChI is InChI=1S/C12H6B31/c1-3-4(2)8(33(17)30-14)6-5(7(3)13)10(37(42(27)28)43(29)32-16)12(36(40(23)24)41(25)26)11(35(31-15)39(21)22)9(6)34(18)38(19)20/h1-2H3. The number of hydrogen-bond acceptors (Lipinski definition) is 0. The van der Waals surface area contributed by atoms with Crippen LogP contribution in [0.5, 0.6) is 0 Å². The van der Waals surface area contributed by atoms with E-state index in [2.05, 4.69) is 0 Å². The van der Waals surface area contributed by atoms with Crippen molar-refractivity contribution in [1.29, 1.82) is 0 Å². The molecule has 0 saturated carbocycles. The van der Waals surface area contributed by atoms with Crippen molar-refractivity contribution >= 4 is 267 Å². The molecular formula is C12H6B31. The second kappa shape index (κ2) is 16.7. The molecule has 43 heavy (non-hydrogen) atoms. The number of rotatable bonds is 14. The first-order valence-electron chi connectivity index (χ1n) is 13.8. The number of hydrogen-bond donors (Lipinski definition) is 0. The highest BCUT2D eigenvalue weighted by Gasteiger charge is 2.41. The Morgan fingerprint density at radius 1 is 0.465 bits per heavy atom. The minimum Gasteiger partial charge on any atom is -0.113 e. The first kappa shape index (κ1) is 39.9. The van der Waals surface area contributed by atoms with Crippen molar-refractivity contribution in [2.24, 2.45) is 0 Å². The molecule has 2 aromatic carbocycles. The lowest BCUT2D eigenvalue weighted by Crippen LogP contribution is -2.80. The molecule has 0 heterocycles. The predicted molar refractivity (Wildman–Crippen MR) is 230 cm³/mol. The Morgan fingerprint density at radius 2 is 0.977 bits per heavy atom. The molecule has 0 aliphatic heterocycles. The van der Waals surface area contributed by atoms with Crippen LogP contribution in [0, 0.1) is 13.8 Å². The molecule has 0 saturated heterocycles. The lowest BCUT2D eigenvalue weighted by molar-refractivity contribution is 1.41. The first-order valence-corrected chi connectivity index (χ1v) is 13.8. The summed E-state index contributed by atoms with van der Waals surface area (Å²) in [5.41, 5.74) is 3.71. The van der Waals surface area contributed by atoms with Crippen LogP contribution in [-0.4, -0.2) is 224 Å². The Balaban J connectivity index is 3.78. The quantitative estimate of drug-likeness (QED) is 0.234. The molecule has 0 aliphatic carbocycles. The summed E-state index contributed by atoms with van der Waals surface area (Å²) in [5.74, 6) is 0. The Kier molecular flexibility index (Phi) is 15.5. The summed E-state index contributed by atoms with van der Waals surface area (Å²) in [4.78, 5) is 0. The van der Waals surface area contributed by atoms with Gasteiger partial charge >= 0.3 is 0 Å². The van der Waals surface area contributed by atoms with E-state index in [9.17, 15) is 0 Å². The van der Waals surface area contributed by atoms with Gasteiger partial charge in [0.05, 0.1) is 32.5 Å². The topological polar surface area (TPSA) is 0 Å². The zero-order valence-corrected chi connectivity index (χ0v) is 24.9. The van der Waals surface area contributed by atoms with E-state index in [1.165, 1.54) is 21.2 Å². The Labute approximate surface area is 290 Å². The van der Waals surface area contributed by atoms with Crippen LogP contribution in [0.3, 0.4) is 0 Å². The van der Waals surface area contributed by atoms with Gasteiger partial charge in [-0.25, -0.2) is 0 Å². The van der Waals surface area contributed by atoms with E-state index in [-0.39, 0.29) is 0 Å². The van der Waals surface area contributed by atoms with Crippen LogP contribution >= 0.6 is 0 Å². The van der Waals surface area contributed by atoms with Crippen molar-refractivity contribution in [3.63, 3.8) is 0 Å². The molecule has 0 nitrogen and oxygen atoms in total. The van der Waals surface area contributed by atoms with Crippen molar-refractivity contribution in [2.75, 3.05) is 0 Å². The third-order valence-electron chi connectivity index (χ3n) is 8.36. The molecule has 0 bridgehead atoms. The maximum absolute atomic E-state index is 6.94. The van der Waals surface area contributed by atoms with Gasteiger partial charge in [0.25, 0.3) is 0 Å². The van der Waals surface area contributed by atoms with Crippen LogP contribution in [-0.2, 0) is 0 Å². The normalized spacial score (nSPS) is 10.3. The third kappa shape index (κ3) is 7.89. The molecule has 37 radical (unpaired) electrons. The molecular weight excluding hydrogens is 479 g/mol. The molecule has 0 aliphatic rings. The molecule has 2 aromatic rings. The molecule has 31 heteroatoms. The van der Waals surface area contributed by atoms with E-state index in [0.717, 1.165) is 5.56 Å². The largest absolute Gasteiger partial charge is 0.115 e. The van der Waals surface area contributed by atoms with Crippen LogP contribution in [0.2, 0.25) is 0 Å². The van der Waals surface area contributed by atoms with Gasteiger partial charge in [-0.05, 0) is 24.6 Å². The molecule has 147 valence electrons.